The van der Waals surface area contributed by atoms with Crippen LogP contribution in [0.3, 0.4) is 0 Å². The lowest BCUT2D eigenvalue weighted by atomic mass is 9.96. The highest BCUT2D eigenvalue weighted by Crippen LogP contribution is 2.33. The molecule has 0 aromatic carbocycles. The van der Waals surface area contributed by atoms with E-state index >= 15 is 0 Å². The average Bonchev–Trinajstić information content (AvgIpc) is 3.48. The van der Waals surface area contributed by atoms with Crippen molar-refractivity contribution in [1.29, 1.82) is 0 Å². The number of aromatic nitrogens is 1. The largest absolute Gasteiger partial charge is 0.465 e. The van der Waals surface area contributed by atoms with Crippen LogP contribution in [0.25, 0.3) is 0 Å². The van der Waals surface area contributed by atoms with Crippen LogP contribution >= 0.6 is 0 Å². The highest BCUT2D eigenvalue weighted by Gasteiger charge is 2.35. The van der Waals surface area contributed by atoms with Crippen molar-refractivity contribution in [3.05, 3.63) is 47.3 Å². The molecule has 1 aromatic rings. The smallest absolute Gasteiger partial charge is 0.315 e. The third-order valence-corrected chi connectivity index (χ3v) is 7.77. The third kappa shape index (κ3) is 7.07. The summed E-state index contributed by atoms with van der Waals surface area (Å²) in [5.74, 6) is -0.932. The van der Waals surface area contributed by atoms with Crippen molar-refractivity contribution >= 4 is 26.9 Å². The number of rotatable bonds is 15. The number of hydrogen-bond donors (Lipinski definition) is 0. The predicted molar refractivity (Wildman–Crippen MR) is 141 cm³/mol. The van der Waals surface area contributed by atoms with Gasteiger partial charge in [-0.25, -0.2) is 0 Å². The van der Waals surface area contributed by atoms with Crippen LogP contribution < -0.4 is 0 Å². The van der Waals surface area contributed by atoms with E-state index in [0.29, 0.717) is 25.3 Å². The first kappa shape index (κ1) is 28.1. The Kier molecular flexibility index (Phi) is 11.2. The molecule has 0 saturated carbocycles. The Labute approximate surface area is 216 Å². The molecule has 2 unspecified atom stereocenters. The van der Waals surface area contributed by atoms with Crippen LogP contribution in [0.5, 0.6) is 0 Å². The van der Waals surface area contributed by atoms with Gasteiger partial charge >= 0.3 is 5.97 Å². The van der Waals surface area contributed by atoms with Gasteiger partial charge in [0.05, 0.1) is 18.2 Å². The molecule has 0 N–H and O–H groups in total. The minimum Gasteiger partial charge on any atom is -0.465 e. The second-order valence-corrected chi connectivity index (χ2v) is 10.5. The molecule has 2 heterocycles. The van der Waals surface area contributed by atoms with Gasteiger partial charge in [-0.3, -0.25) is 9.59 Å². The monoisotopic (exact) mass is 517 g/mol. The Hall–Kier alpha value is -2.45. The maximum atomic E-state index is 13.3. The quantitative estimate of drug-likeness (QED) is 0.138. The van der Waals surface area contributed by atoms with Gasteiger partial charge in [0.25, 0.3) is 0 Å². The van der Waals surface area contributed by atoms with Crippen LogP contribution in [0.15, 0.2) is 35.9 Å². The predicted octanol–water partition coefficient (Wildman–Crippen LogP) is 5.18. The van der Waals surface area contributed by atoms with Crippen molar-refractivity contribution in [1.82, 2.24) is 4.57 Å². The van der Waals surface area contributed by atoms with Crippen molar-refractivity contribution in [3.63, 3.8) is 0 Å². The van der Waals surface area contributed by atoms with Crippen molar-refractivity contribution in [3.8, 4) is 0 Å². The molecule has 36 heavy (non-hydrogen) atoms. The number of fused-ring (bicyclic) bond motifs is 1. The van der Waals surface area contributed by atoms with Gasteiger partial charge < -0.3 is 14.0 Å². The standard InChI is InChI=1S/C28H39NO6S/c1-3-4-5-6-7-8-9-10-11-12-20-35-28(31)21-18-19-29-23(21)16-17-24(29)26(30)22-14-13-15-25(36(32)33)27(22)34-2/h13-17,21,27H,3-12,18-20H2,1-2H3. The van der Waals surface area contributed by atoms with Gasteiger partial charge in [0.1, 0.15) is 11.0 Å². The van der Waals surface area contributed by atoms with Gasteiger partial charge in [0.15, 0.2) is 0 Å². The van der Waals surface area contributed by atoms with E-state index in [1.54, 1.807) is 18.2 Å². The van der Waals surface area contributed by atoms with Gasteiger partial charge in [-0.1, -0.05) is 76.9 Å². The van der Waals surface area contributed by atoms with Gasteiger partial charge in [-0.2, -0.15) is 8.42 Å². The summed E-state index contributed by atoms with van der Waals surface area (Å²) >= 11 is 0. The molecule has 7 nitrogen and oxygen atoms in total. The highest BCUT2D eigenvalue weighted by atomic mass is 32.2. The van der Waals surface area contributed by atoms with E-state index in [-0.39, 0.29) is 28.1 Å². The first-order valence-corrected chi connectivity index (χ1v) is 14.3. The third-order valence-electron chi connectivity index (χ3n) is 7.04. The highest BCUT2D eigenvalue weighted by molar-refractivity contribution is 7.73. The van der Waals surface area contributed by atoms with E-state index in [9.17, 15) is 18.0 Å². The molecule has 198 valence electrons. The number of hydrogen-bond acceptors (Lipinski definition) is 6. The normalized spacial score (nSPS) is 18.7. The van der Waals surface area contributed by atoms with Crippen LogP contribution in [0, 0.1) is 0 Å². The molecule has 1 aliphatic heterocycles. The summed E-state index contributed by atoms with van der Waals surface area (Å²) in [4.78, 5) is 26.0. The van der Waals surface area contributed by atoms with Gasteiger partial charge in [0.2, 0.25) is 16.1 Å². The van der Waals surface area contributed by atoms with E-state index in [1.165, 1.54) is 70.6 Å². The fourth-order valence-corrected chi connectivity index (χ4v) is 5.63. The maximum absolute atomic E-state index is 13.3. The molecule has 2 atom stereocenters. The number of allylic oxidation sites excluding steroid dienone is 2. The zero-order valence-electron chi connectivity index (χ0n) is 21.5. The molecule has 1 aromatic heterocycles. The number of unbranched alkanes of at least 4 members (excludes halogenated alkanes) is 9. The Balaban J connectivity index is 1.47. The summed E-state index contributed by atoms with van der Waals surface area (Å²) in [6.07, 6.45) is 16.5. The molecule has 3 rings (SSSR count). The lowest BCUT2D eigenvalue weighted by Gasteiger charge is -2.19. The molecule has 0 saturated heterocycles. The minimum atomic E-state index is -2.49. The Bertz CT molecular complexity index is 1100. The number of esters is 1. The molecule has 0 fully saturated rings. The second-order valence-electron chi connectivity index (χ2n) is 9.55. The SMILES string of the molecule is CCCCCCCCCCCCOC(=O)C1CCn2c(C(=O)C3=CC=CC(=S(=O)=O)C3OC)ccc21. The maximum Gasteiger partial charge on any atom is 0.315 e. The van der Waals surface area contributed by atoms with Gasteiger partial charge in [-0.05, 0) is 31.1 Å². The number of carbonyl (C=O) groups is 2. The van der Waals surface area contributed by atoms with E-state index in [2.05, 4.69) is 6.92 Å². The molecular weight excluding hydrogens is 478 g/mol. The van der Waals surface area contributed by atoms with Crippen LogP contribution in [0.1, 0.15) is 99.7 Å². The molecule has 0 radical (unpaired) electrons. The molecule has 8 heteroatoms. The number of nitrogens with zero attached hydrogens (tertiary/aromatic N) is 1. The molecule has 2 aliphatic rings. The Morgan fingerprint density at radius 3 is 2.31 bits per heavy atom. The molecular formula is C28H39NO6S. The van der Waals surface area contributed by atoms with Gasteiger partial charge in [0, 0.05) is 24.9 Å². The van der Waals surface area contributed by atoms with E-state index < -0.39 is 16.4 Å². The molecule has 0 amide bonds. The first-order valence-electron chi connectivity index (χ1n) is 13.3. The van der Waals surface area contributed by atoms with E-state index in [0.717, 1.165) is 18.5 Å². The summed E-state index contributed by atoms with van der Waals surface area (Å²) < 4.78 is 35.8. The van der Waals surface area contributed by atoms with Crippen LogP contribution in [0.2, 0.25) is 0 Å². The fraction of sp³-hybridized carbons (Fsp3) is 0.607. The average molecular weight is 518 g/mol. The summed E-state index contributed by atoms with van der Waals surface area (Å²) in [7, 11) is -1.12. The molecule has 1 aliphatic carbocycles. The number of ether oxygens (including phenoxy) is 2. The minimum absolute atomic E-state index is 0.0185. The van der Waals surface area contributed by atoms with Crippen LogP contribution in [0.4, 0.5) is 0 Å². The van der Waals surface area contributed by atoms with Crippen molar-refractivity contribution in [2.24, 2.45) is 0 Å². The Morgan fingerprint density at radius 1 is 1.00 bits per heavy atom. The lowest BCUT2D eigenvalue weighted by molar-refractivity contribution is -0.145. The first-order chi connectivity index (χ1) is 17.5. The molecule has 0 spiro atoms. The van der Waals surface area contributed by atoms with Gasteiger partial charge in [-0.15, -0.1) is 0 Å². The number of methoxy groups -OCH3 is 1. The zero-order valence-corrected chi connectivity index (χ0v) is 22.4. The summed E-state index contributed by atoms with van der Waals surface area (Å²) in [6, 6.07) is 3.49. The number of Topliss-reactive ketones (excluding diaryl/α,β-unsaturated/α-hetero) is 1. The van der Waals surface area contributed by atoms with E-state index in [1.807, 2.05) is 4.57 Å². The van der Waals surface area contributed by atoms with E-state index in [4.69, 9.17) is 9.47 Å². The van der Waals surface area contributed by atoms with Crippen molar-refractivity contribution in [2.45, 2.75) is 96.1 Å². The number of carbonyl (C=O) groups excluding carboxylic acids is 2. The topological polar surface area (TPSA) is 91.7 Å². The summed E-state index contributed by atoms with van der Waals surface area (Å²) in [5.41, 5.74) is 1.45. The number of ketones is 1. The Morgan fingerprint density at radius 2 is 1.67 bits per heavy atom. The summed E-state index contributed by atoms with van der Waals surface area (Å²) in [6.45, 7) is 3.20. The summed E-state index contributed by atoms with van der Waals surface area (Å²) in [5, 5.41) is 0. The second kappa shape index (κ2) is 14.3. The molecule has 0 bridgehead atoms. The van der Waals surface area contributed by atoms with Crippen molar-refractivity contribution < 1.29 is 27.5 Å². The van der Waals surface area contributed by atoms with Crippen molar-refractivity contribution in [2.75, 3.05) is 13.7 Å². The lowest BCUT2D eigenvalue weighted by Crippen LogP contribution is -2.31. The fourth-order valence-electron chi connectivity index (χ4n) is 5.05. The van der Waals surface area contributed by atoms with Crippen LogP contribution in [-0.2, 0) is 31.1 Å². The van der Waals surface area contributed by atoms with Crippen LogP contribution in [-0.4, -0.2) is 49.4 Å². The zero-order chi connectivity index (χ0) is 25.9.